The van der Waals surface area contributed by atoms with Crippen molar-refractivity contribution >= 4 is 40.0 Å². The highest BCUT2D eigenvalue weighted by Crippen LogP contribution is 2.35. The van der Waals surface area contributed by atoms with Crippen molar-refractivity contribution in [3.8, 4) is 10.6 Å². The number of hydrogen-bond acceptors (Lipinski definition) is 10. The van der Waals surface area contributed by atoms with E-state index < -0.39 is 0 Å². The third kappa shape index (κ3) is 6.39. The molecular formula is C25H31N7OS2. The van der Waals surface area contributed by atoms with Gasteiger partial charge >= 0.3 is 0 Å². The molecular weight excluding hydrogens is 478 g/mol. The van der Waals surface area contributed by atoms with Crippen LogP contribution in [0.1, 0.15) is 12.2 Å². The van der Waals surface area contributed by atoms with Crippen molar-refractivity contribution in [1.29, 1.82) is 0 Å². The standard InChI is InChI=1S/C25H31N7OS2/c1-30(2)13-5-11-26-25-19-6-3-4-7-20(19)28-23(29-25)18-31-14-16-32(17-15-31)35-24-9-8-22(34-24)21-10-12-27-33-21/h3-4,6-10,12H,5,11,13-18H2,1-2H3,(H,26,28,29). The van der Waals surface area contributed by atoms with E-state index in [1.807, 2.05) is 24.1 Å². The molecule has 5 rings (SSSR count). The van der Waals surface area contributed by atoms with Gasteiger partial charge in [-0.25, -0.2) is 14.3 Å². The Morgan fingerprint density at radius 3 is 2.71 bits per heavy atom. The highest BCUT2D eigenvalue weighted by Gasteiger charge is 2.20. The first kappa shape index (κ1) is 24.2. The van der Waals surface area contributed by atoms with Gasteiger partial charge in [-0.2, -0.15) is 0 Å². The number of hydrogen-bond donors (Lipinski definition) is 1. The second-order valence-electron chi connectivity index (χ2n) is 8.88. The number of rotatable bonds is 10. The molecule has 0 atom stereocenters. The molecule has 8 nitrogen and oxygen atoms in total. The van der Waals surface area contributed by atoms with Gasteiger partial charge in [0.15, 0.2) is 5.76 Å². The predicted octanol–water partition coefficient (Wildman–Crippen LogP) is 4.53. The zero-order valence-corrected chi connectivity index (χ0v) is 21.8. The van der Waals surface area contributed by atoms with Gasteiger partial charge in [0.1, 0.15) is 11.6 Å². The minimum Gasteiger partial charge on any atom is -0.369 e. The lowest BCUT2D eigenvalue weighted by atomic mass is 10.2. The van der Waals surface area contributed by atoms with Crippen molar-refractivity contribution in [3.05, 3.63) is 54.5 Å². The van der Waals surface area contributed by atoms with Crippen LogP contribution in [0.3, 0.4) is 0 Å². The molecule has 0 radical (unpaired) electrons. The summed E-state index contributed by atoms with van der Waals surface area (Å²) in [7, 11) is 4.21. The number of aromatic nitrogens is 3. The summed E-state index contributed by atoms with van der Waals surface area (Å²) in [6.45, 7) is 6.72. The van der Waals surface area contributed by atoms with Gasteiger partial charge < -0.3 is 14.7 Å². The van der Waals surface area contributed by atoms with Crippen molar-refractivity contribution in [1.82, 2.24) is 29.2 Å². The maximum atomic E-state index is 5.28. The number of nitrogens with one attached hydrogen (secondary N) is 1. The summed E-state index contributed by atoms with van der Waals surface area (Å²) in [6.07, 6.45) is 2.76. The Hall–Kier alpha value is -2.50. The van der Waals surface area contributed by atoms with Gasteiger partial charge in [-0.1, -0.05) is 17.3 Å². The summed E-state index contributed by atoms with van der Waals surface area (Å²) >= 11 is 3.57. The van der Waals surface area contributed by atoms with Gasteiger partial charge in [-0.15, -0.1) is 11.3 Å². The summed E-state index contributed by atoms with van der Waals surface area (Å²) < 4.78 is 8.99. The maximum Gasteiger partial charge on any atom is 0.176 e. The highest BCUT2D eigenvalue weighted by molar-refractivity contribution is 7.99. The Balaban J connectivity index is 1.17. The quantitative estimate of drug-likeness (QED) is 0.245. The Morgan fingerprint density at radius 2 is 1.91 bits per heavy atom. The van der Waals surface area contributed by atoms with Crippen molar-refractivity contribution in [3.63, 3.8) is 0 Å². The average molecular weight is 510 g/mol. The molecule has 1 aromatic carbocycles. The SMILES string of the molecule is CN(C)CCCNc1nc(CN2CCN(Sc3ccc(-c4ccno4)s3)CC2)nc2ccccc12. The van der Waals surface area contributed by atoms with Crippen molar-refractivity contribution < 1.29 is 4.52 Å². The normalized spacial score (nSPS) is 15.3. The van der Waals surface area contributed by atoms with Crippen LogP contribution in [0.25, 0.3) is 21.5 Å². The Labute approximate surface area is 214 Å². The van der Waals surface area contributed by atoms with Crippen LogP contribution < -0.4 is 5.32 Å². The smallest absolute Gasteiger partial charge is 0.176 e. The summed E-state index contributed by atoms with van der Waals surface area (Å²) in [6, 6.07) is 14.4. The molecule has 4 aromatic rings. The third-order valence-electron chi connectivity index (χ3n) is 5.90. The lowest BCUT2D eigenvalue weighted by Crippen LogP contribution is -2.43. The summed E-state index contributed by atoms with van der Waals surface area (Å²) in [5, 5.41) is 8.44. The molecule has 184 valence electrons. The van der Waals surface area contributed by atoms with Crippen LogP contribution in [-0.4, -0.2) is 82.6 Å². The molecule has 10 heteroatoms. The number of fused-ring (bicyclic) bond motifs is 1. The first-order valence-corrected chi connectivity index (χ1v) is 13.5. The number of benzene rings is 1. The molecule has 1 N–H and O–H groups in total. The van der Waals surface area contributed by atoms with Crippen LogP contribution in [0.5, 0.6) is 0 Å². The van der Waals surface area contributed by atoms with E-state index in [2.05, 4.69) is 69.0 Å². The van der Waals surface area contributed by atoms with Gasteiger partial charge in [-0.05, 0) is 63.3 Å². The largest absolute Gasteiger partial charge is 0.369 e. The number of para-hydroxylation sites is 1. The zero-order chi connectivity index (χ0) is 24.0. The van der Waals surface area contributed by atoms with Crippen molar-refractivity contribution in [2.24, 2.45) is 0 Å². The van der Waals surface area contributed by atoms with E-state index in [9.17, 15) is 0 Å². The van der Waals surface area contributed by atoms with Gasteiger partial charge in [0.2, 0.25) is 0 Å². The number of anilines is 1. The van der Waals surface area contributed by atoms with Crippen LogP contribution in [0.15, 0.2) is 57.4 Å². The molecule has 4 heterocycles. The number of piperazine rings is 1. The van der Waals surface area contributed by atoms with E-state index >= 15 is 0 Å². The van der Waals surface area contributed by atoms with Gasteiger partial charge in [0.05, 0.1) is 27.3 Å². The van der Waals surface area contributed by atoms with Gasteiger partial charge in [0, 0.05) is 44.2 Å². The van der Waals surface area contributed by atoms with E-state index in [1.165, 1.54) is 4.21 Å². The van der Waals surface area contributed by atoms with Crippen molar-refractivity contribution in [2.75, 3.05) is 58.7 Å². The maximum absolute atomic E-state index is 5.28. The highest BCUT2D eigenvalue weighted by atomic mass is 32.2. The number of nitrogens with zero attached hydrogens (tertiary/aromatic N) is 6. The van der Waals surface area contributed by atoms with Gasteiger partial charge in [-0.3, -0.25) is 4.90 Å². The molecule has 3 aromatic heterocycles. The van der Waals surface area contributed by atoms with E-state index in [0.29, 0.717) is 0 Å². The zero-order valence-electron chi connectivity index (χ0n) is 20.2. The van der Waals surface area contributed by atoms with E-state index in [-0.39, 0.29) is 0 Å². The molecule has 1 aliphatic rings. The third-order valence-corrected chi connectivity index (χ3v) is 8.21. The first-order valence-electron chi connectivity index (χ1n) is 11.9. The van der Waals surface area contributed by atoms with E-state index in [0.717, 1.165) is 85.4 Å². The molecule has 0 bridgehead atoms. The topological polar surface area (TPSA) is 73.6 Å². The minimum absolute atomic E-state index is 0.768. The van der Waals surface area contributed by atoms with Crippen LogP contribution in [-0.2, 0) is 6.54 Å². The fourth-order valence-corrected chi connectivity index (χ4v) is 6.24. The van der Waals surface area contributed by atoms with E-state index in [1.54, 1.807) is 17.5 Å². The number of thiophene rings is 1. The molecule has 1 aliphatic heterocycles. The van der Waals surface area contributed by atoms with Crippen molar-refractivity contribution in [2.45, 2.75) is 17.2 Å². The Morgan fingerprint density at radius 1 is 1.06 bits per heavy atom. The Kier molecular flexibility index (Phi) is 7.95. The molecule has 1 fully saturated rings. The molecule has 0 amide bonds. The fraction of sp³-hybridized carbons (Fsp3) is 0.400. The second-order valence-corrected chi connectivity index (χ2v) is 11.4. The molecule has 35 heavy (non-hydrogen) atoms. The van der Waals surface area contributed by atoms with Crippen LogP contribution in [0.4, 0.5) is 5.82 Å². The molecule has 1 saturated heterocycles. The van der Waals surface area contributed by atoms with Crippen LogP contribution in [0, 0.1) is 0 Å². The van der Waals surface area contributed by atoms with Crippen LogP contribution >= 0.6 is 23.3 Å². The first-order chi connectivity index (χ1) is 17.1. The lowest BCUT2D eigenvalue weighted by Gasteiger charge is -2.33. The second kappa shape index (κ2) is 11.5. The predicted molar refractivity (Wildman–Crippen MR) is 144 cm³/mol. The molecule has 0 spiro atoms. The van der Waals surface area contributed by atoms with Crippen LogP contribution in [0.2, 0.25) is 0 Å². The summed E-state index contributed by atoms with van der Waals surface area (Å²) in [5.74, 6) is 2.65. The summed E-state index contributed by atoms with van der Waals surface area (Å²) in [5.41, 5.74) is 1.00. The lowest BCUT2D eigenvalue weighted by molar-refractivity contribution is 0.186. The average Bonchev–Trinajstić information content (AvgIpc) is 3.55. The monoisotopic (exact) mass is 509 g/mol. The molecule has 0 saturated carbocycles. The Bertz CT molecular complexity index is 1220. The molecule has 0 aliphatic carbocycles. The minimum atomic E-state index is 0.768. The van der Waals surface area contributed by atoms with E-state index in [4.69, 9.17) is 14.5 Å². The fourth-order valence-electron chi connectivity index (χ4n) is 4.08. The summed E-state index contributed by atoms with van der Waals surface area (Å²) in [4.78, 5) is 15.6. The molecule has 0 unspecified atom stereocenters. The van der Waals surface area contributed by atoms with Gasteiger partial charge in [0.25, 0.3) is 0 Å².